The fourth-order valence-electron chi connectivity index (χ4n) is 3.27. The average Bonchev–Trinajstić information content (AvgIpc) is 2.27. The molecule has 0 amide bonds. The maximum atomic E-state index is 11.5. The van der Waals surface area contributed by atoms with Crippen molar-refractivity contribution in [2.45, 2.75) is 44.9 Å². The highest BCUT2D eigenvalue weighted by atomic mass is 35.5. The van der Waals surface area contributed by atoms with Crippen LogP contribution < -0.4 is 0 Å². The van der Waals surface area contributed by atoms with Crippen molar-refractivity contribution >= 4 is 17.4 Å². The molecule has 0 bridgehead atoms. The first-order chi connectivity index (χ1) is 6.81. The predicted molar refractivity (Wildman–Crippen MR) is 58.5 cm³/mol. The fourth-order valence-corrected chi connectivity index (χ4v) is 3.49. The molecule has 0 spiro atoms. The van der Waals surface area contributed by atoms with Crippen molar-refractivity contribution in [2.24, 2.45) is 17.8 Å². The van der Waals surface area contributed by atoms with E-state index in [1.54, 1.807) is 0 Å². The van der Waals surface area contributed by atoms with E-state index in [2.05, 4.69) is 0 Å². The van der Waals surface area contributed by atoms with Crippen molar-refractivity contribution in [1.29, 1.82) is 0 Å². The molecule has 2 rings (SSSR count). The summed E-state index contributed by atoms with van der Waals surface area (Å²) in [6, 6.07) is 0. The van der Waals surface area contributed by atoms with Crippen LogP contribution in [0.5, 0.6) is 0 Å². The van der Waals surface area contributed by atoms with Gasteiger partial charge in [0.25, 0.3) is 0 Å². The molecule has 1 nitrogen and oxygen atoms in total. The van der Waals surface area contributed by atoms with Gasteiger partial charge in [-0.05, 0) is 31.1 Å². The molecule has 3 atom stereocenters. The zero-order chi connectivity index (χ0) is 9.97. The quantitative estimate of drug-likeness (QED) is 0.644. The molecule has 80 valence electrons. The normalized spacial score (nSPS) is 37.6. The topological polar surface area (TPSA) is 17.1 Å². The van der Waals surface area contributed by atoms with Crippen LogP contribution in [0.15, 0.2) is 0 Å². The molecular formula is C12H19ClO. The SMILES string of the molecule is O=C(CCl)C1CCC2CCCCC2C1. The first-order valence-electron chi connectivity index (χ1n) is 5.90. The number of Topliss-reactive ketones (excluding diaryl/α,β-unsaturated/α-hetero) is 1. The molecule has 2 heteroatoms. The lowest BCUT2D eigenvalue weighted by molar-refractivity contribution is -0.122. The van der Waals surface area contributed by atoms with E-state index in [9.17, 15) is 4.79 Å². The molecule has 0 radical (unpaired) electrons. The summed E-state index contributed by atoms with van der Waals surface area (Å²) in [5, 5.41) is 0. The molecule has 2 saturated carbocycles. The van der Waals surface area contributed by atoms with Gasteiger partial charge in [-0.1, -0.05) is 25.7 Å². The van der Waals surface area contributed by atoms with E-state index in [1.807, 2.05) is 0 Å². The number of ketones is 1. The molecule has 0 aromatic carbocycles. The number of hydrogen-bond acceptors (Lipinski definition) is 1. The van der Waals surface area contributed by atoms with Crippen LogP contribution in [-0.4, -0.2) is 11.7 Å². The minimum atomic E-state index is 0.224. The van der Waals surface area contributed by atoms with Crippen LogP contribution in [0.3, 0.4) is 0 Å². The standard InChI is InChI=1S/C12H19ClO/c13-8-12(14)11-6-5-9-3-1-2-4-10(9)7-11/h9-11H,1-8H2. The van der Waals surface area contributed by atoms with Crippen LogP contribution in [-0.2, 0) is 4.79 Å². The number of fused-ring (bicyclic) bond motifs is 1. The lowest BCUT2D eigenvalue weighted by Crippen LogP contribution is -2.31. The number of carbonyl (C=O) groups excluding carboxylic acids is 1. The van der Waals surface area contributed by atoms with E-state index in [1.165, 1.54) is 32.1 Å². The van der Waals surface area contributed by atoms with E-state index in [0.29, 0.717) is 5.92 Å². The molecule has 0 heterocycles. The van der Waals surface area contributed by atoms with Crippen molar-refractivity contribution in [3.05, 3.63) is 0 Å². The van der Waals surface area contributed by atoms with Gasteiger partial charge in [0.05, 0.1) is 5.88 Å². The summed E-state index contributed by atoms with van der Waals surface area (Å²) in [7, 11) is 0. The summed E-state index contributed by atoms with van der Waals surface area (Å²) in [5.41, 5.74) is 0. The lowest BCUT2D eigenvalue weighted by Gasteiger charge is -2.38. The Bertz CT molecular complexity index is 214. The highest BCUT2D eigenvalue weighted by molar-refractivity contribution is 6.27. The Balaban J connectivity index is 1.92. The third-order valence-corrected chi connectivity index (χ3v) is 4.39. The third kappa shape index (κ3) is 2.13. The lowest BCUT2D eigenvalue weighted by atomic mass is 9.67. The molecule has 0 aromatic heterocycles. The minimum Gasteiger partial charge on any atom is -0.298 e. The molecule has 2 aliphatic carbocycles. The molecule has 2 aliphatic rings. The molecule has 2 fully saturated rings. The maximum absolute atomic E-state index is 11.5. The second-order valence-electron chi connectivity index (χ2n) is 4.91. The van der Waals surface area contributed by atoms with E-state index < -0.39 is 0 Å². The largest absolute Gasteiger partial charge is 0.298 e. The van der Waals surface area contributed by atoms with Gasteiger partial charge >= 0.3 is 0 Å². The van der Waals surface area contributed by atoms with Gasteiger partial charge in [-0.15, -0.1) is 11.6 Å². The second-order valence-corrected chi connectivity index (χ2v) is 5.18. The summed E-state index contributed by atoms with van der Waals surface area (Å²) in [5.74, 6) is 2.59. The van der Waals surface area contributed by atoms with E-state index in [4.69, 9.17) is 11.6 Å². The summed E-state index contributed by atoms with van der Waals surface area (Å²) in [6.07, 6.45) is 9.07. The van der Waals surface area contributed by atoms with Crippen LogP contribution in [0.1, 0.15) is 44.9 Å². The summed E-state index contributed by atoms with van der Waals surface area (Å²) in [4.78, 5) is 11.5. The molecular weight excluding hydrogens is 196 g/mol. The van der Waals surface area contributed by atoms with Gasteiger partial charge in [0, 0.05) is 5.92 Å². The Labute approximate surface area is 91.2 Å². The van der Waals surface area contributed by atoms with E-state index >= 15 is 0 Å². The van der Waals surface area contributed by atoms with Gasteiger partial charge in [-0.2, -0.15) is 0 Å². The van der Waals surface area contributed by atoms with Crippen molar-refractivity contribution in [2.75, 3.05) is 5.88 Å². The highest BCUT2D eigenvalue weighted by Crippen LogP contribution is 2.42. The number of rotatable bonds is 2. The Morgan fingerprint density at radius 1 is 1.07 bits per heavy atom. The molecule has 0 aliphatic heterocycles. The van der Waals surface area contributed by atoms with Gasteiger partial charge in [-0.3, -0.25) is 4.79 Å². The maximum Gasteiger partial charge on any atom is 0.150 e. The van der Waals surface area contributed by atoms with Crippen molar-refractivity contribution in [3.63, 3.8) is 0 Å². The minimum absolute atomic E-state index is 0.224. The second kappa shape index (κ2) is 4.65. The average molecular weight is 215 g/mol. The Hall–Kier alpha value is -0.0400. The Morgan fingerprint density at radius 3 is 2.50 bits per heavy atom. The Morgan fingerprint density at radius 2 is 1.79 bits per heavy atom. The predicted octanol–water partition coefficient (Wildman–Crippen LogP) is 3.40. The molecule has 0 saturated heterocycles. The van der Waals surface area contributed by atoms with Crippen LogP contribution in [0, 0.1) is 17.8 Å². The van der Waals surface area contributed by atoms with Gasteiger partial charge in [-0.25, -0.2) is 0 Å². The van der Waals surface area contributed by atoms with Crippen molar-refractivity contribution in [3.8, 4) is 0 Å². The first-order valence-corrected chi connectivity index (χ1v) is 6.43. The van der Waals surface area contributed by atoms with Crippen LogP contribution in [0.25, 0.3) is 0 Å². The first kappa shape index (κ1) is 10.5. The summed E-state index contributed by atoms with van der Waals surface area (Å²) >= 11 is 5.61. The number of halogens is 1. The highest BCUT2D eigenvalue weighted by Gasteiger charge is 2.34. The molecule has 0 N–H and O–H groups in total. The number of alkyl halides is 1. The summed E-state index contributed by atoms with van der Waals surface area (Å²) < 4.78 is 0. The van der Waals surface area contributed by atoms with Crippen molar-refractivity contribution in [1.82, 2.24) is 0 Å². The van der Waals surface area contributed by atoms with Gasteiger partial charge in [0.1, 0.15) is 0 Å². The van der Waals surface area contributed by atoms with Crippen LogP contribution in [0.2, 0.25) is 0 Å². The smallest absolute Gasteiger partial charge is 0.150 e. The molecule has 3 unspecified atom stereocenters. The fraction of sp³-hybridized carbons (Fsp3) is 0.917. The summed E-state index contributed by atoms with van der Waals surface area (Å²) in [6.45, 7) is 0. The molecule has 0 aromatic rings. The third-order valence-electron chi connectivity index (χ3n) is 4.13. The molecule has 14 heavy (non-hydrogen) atoms. The van der Waals surface area contributed by atoms with Gasteiger partial charge < -0.3 is 0 Å². The van der Waals surface area contributed by atoms with Gasteiger partial charge in [0.2, 0.25) is 0 Å². The zero-order valence-electron chi connectivity index (χ0n) is 8.68. The van der Waals surface area contributed by atoms with Crippen molar-refractivity contribution < 1.29 is 4.79 Å². The van der Waals surface area contributed by atoms with E-state index in [-0.39, 0.29) is 11.7 Å². The van der Waals surface area contributed by atoms with E-state index in [0.717, 1.165) is 24.7 Å². The monoisotopic (exact) mass is 214 g/mol. The van der Waals surface area contributed by atoms with Crippen LogP contribution >= 0.6 is 11.6 Å². The van der Waals surface area contributed by atoms with Crippen LogP contribution in [0.4, 0.5) is 0 Å². The number of carbonyl (C=O) groups is 1. The van der Waals surface area contributed by atoms with Gasteiger partial charge in [0.15, 0.2) is 5.78 Å². The Kier molecular flexibility index (Phi) is 3.48. The number of hydrogen-bond donors (Lipinski definition) is 0. The zero-order valence-corrected chi connectivity index (χ0v) is 9.43.